The van der Waals surface area contributed by atoms with Gasteiger partial charge in [-0.2, -0.15) is 0 Å². The molecule has 16 heavy (non-hydrogen) atoms. The molecule has 0 amide bonds. The van der Waals surface area contributed by atoms with Crippen LogP contribution in [0.15, 0.2) is 23.6 Å². The number of thiophene rings is 1. The second-order valence-corrected chi connectivity index (χ2v) is 4.35. The number of Topliss-reactive ketones (excluding diaryl/α,β-unsaturated/α-hetero) is 1. The number of hydrogen-bond donors (Lipinski definition) is 1. The summed E-state index contributed by atoms with van der Waals surface area (Å²) >= 11 is 1.59. The molecule has 1 N–H and O–H groups in total. The number of ketones is 1. The molecule has 1 heterocycles. The van der Waals surface area contributed by atoms with Gasteiger partial charge in [0.25, 0.3) is 0 Å². The quantitative estimate of drug-likeness (QED) is 0.826. The molecule has 0 aliphatic heterocycles. The number of carbonyl (C=O) groups is 1. The molecular weight excluding hydrogens is 222 g/mol. The number of rotatable bonds is 4. The molecule has 84 valence electrons. The highest BCUT2D eigenvalue weighted by Crippen LogP contribution is 2.33. The van der Waals surface area contributed by atoms with Gasteiger partial charge in [-0.15, -0.1) is 11.3 Å². The van der Waals surface area contributed by atoms with E-state index < -0.39 is 0 Å². The topological polar surface area (TPSA) is 38.3 Å². The number of carbonyl (C=O) groups excluding carboxylic acids is 1. The molecule has 0 atom stereocenters. The molecule has 4 heteroatoms. The predicted molar refractivity (Wildman–Crippen MR) is 66.6 cm³/mol. The number of ether oxygens (including phenoxy) is 1. The number of methoxy groups -OCH3 is 1. The van der Waals surface area contributed by atoms with Crippen LogP contribution in [-0.4, -0.2) is 26.5 Å². The third-order valence-electron chi connectivity index (χ3n) is 2.42. The van der Waals surface area contributed by atoms with Crippen molar-refractivity contribution in [2.75, 3.05) is 20.7 Å². The molecule has 2 rings (SSSR count). The Morgan fingerprint density at radius 3 is 2.94 bits per heavy atom. The molecule has 0 saturated carbocycles. The summed E-state index contributed by atoms with van der Waals surface area (Å²) in [6, 6.07) is 5.81. The SMILES string of the molecule is CNCC(=O)c1ccc2ccsc2c1OC. The normalized spacial score (nSPS) is 10.6. The number of likely N-dealkylation sites (N-methyl/N-ethyl adjacent to an activating group) is 1. The van der Waals surface area contributed by atoms with E-state index in [1.54, 1.807) is 25.5 Å². The summed E-state index contributed by atoms with van der Waals surface area (Å²) in [4.78, 5) is 11.9. The Morgan fingerprint density at radius 1 is 1.44 bits per heavy atom. The molecule has 0 fully saturated rings. The molecule has 0 aliphatic rings. The lowest BCUT2D eigenvalue weighted by Gasteiger charge is -2.08. The highest BCUT2D eigenvalue weighted by atomic mass is 32.1. The zero-order valence-electron chi connectivity index (χ0n) is 9.24. The van der Waals surface area contributed by atoms with Crippen LogP contribution in [0.2, 0.25) is 0 Å². The lowest BCUT2D eigenvalue weighted by atomic mass is 10.1. The van der Waals surface area contributed by atoms with Crippen LogP contribution < -0.4 is 10.1 Å². The van der Waals surface area contributed by atoms with Crippen molar-refractivity contribution >= 4 is 27.2 Å². The van der Waals surface area contributed by atoms with Gasteiger partial charge in [0.1, 0.15) is 5.75 Å². The molecule has 0 aliphatic carbocycles. The van der Waals surface area contributed by atoms with Crippen molar-refractivity contribution in [1.82, 2.24) is 5.32 Å². The Kier molecular flexibility index (Phi) is 3.22. The van der Waals surface area contributed by atoms with E-state index in [4.69, 9.17) is 4.74 Å². The van der Waals surface area contributed by atoms with Crippen LogP contribution in [0.3, 0.4) is 0 Å². The van der Waals surface area contributed by atoms with E-state index in [9.17, 15) is 4.79 Å². The van der Waals surface area contributed by atoms with Gasteiger partial charge < -0.3 is 10.1 Å². The van der Waals surface area contributed by atoms with Gasteiger partial charge in [0.2, 0.25) is 0 Å². The van der Waals surface area contributed by atoms with Crippen LogP contribution in [0.4, 0.5) is 0 Å². The van der Waals surface area contributed by atoms with E-state index in [-0.39, 0.29) is 5.78 Å². The molecule has 3 nitrogen and oxygen atoms in total. The zero-order chi connectivity index (χ0) is 11.5. The van der Waals surface area contributed by atoms with Gasteiger partial charge >= 0.3 is 0 Å². The minimum atomic E-state index is 0.0506. The third kappa shape index (κ3) is 1.81. The first-order valence-corrected chi connectivity index (χ1v) is 5.88. The monoisotopic (exact) mass is 235 g/mol. The number of benzene rings is 1. The van der Waals surface area contributed by atoms with Gasteiger partial charge in [-0.05, 0) is 29.9 Å². The van der Waals surface area contributed by atoms with E-state index >= 15 is 0 Å². The highest BCUT2D eigenvalue weighted by molar-refractivity contribution is 7.17. The summed E-state index contributed by atoms with van der Waals surface area (Å²) in [7, 11) is 3.36. The maximum absolute atomic E-state index is 11.9. The molecular formula is C12H13NO2S. The molecule has 1 aromatic carbocycles. The van der Waals surface area contributed by atoms with Gasteiger partial charge in [0.15, 0.2) is 5.78 Å². The molecule has 1 aromatic heterocycles. The van der Waals surface area contributed by atoms with Crippen molar-refractivity contribution in [3.05, 3.63) is 29.1 Å². The molecule has 0 spiro atoms. The van der Waals surface area contributed by atoms with Crippen molar-refractivity contribution in [2.45, 2.75) is 0 Å². The van der Waals surface area contributed by atoms with Crippen molar-refractivity contribution < 1.29 is 9.53 Å². The van der Waals surface area contributed by atoms with Gasteiger partial charge in [0, 0.05) is 0 Å². The Bertz CT molecular complexity index is 519. The van der Waals surface area contributed by atoms with E-state index in [1.165, 1.54) is 0 Å². The van der Waals surface area contributed by atoms with Crippen LogP contribution in [0.1, 0.15) is 10.4 Å². The average Bonchev–Trinajstić information content (AvgIpc) is 2.75. The number of nitrogens with one attached hydrogen (secondary N) is 1. The van der Waals surface area contributed by atoms with Crippen LogP contribution in [0, 0.1) is 0 Å². The largest absolute Gasteiger partial charge is 0.494 e. The van der Waals surface area contributed by atoms with Gasteiger partial charge in [0.05, 0.1) is 23.9 Å². The van der Waals surface area contributed by atoms with E-state index in [2.05, 4.69) is 5.32 Å². The van der Waals surface area contributed by atoms with Crippen molar-refractivity contribution in [1.29, 1.82) is 0 Å². The fraction of sp³-hybridized carbons (Fsp3) is 0.250. The first-order chi connectivity index (χ1) is 7.77. The van der Waals surface area contributed by atoms with Crippen molar-refractivity contribution in [3.63, 3.8) is 0 Å². The average molecular weight is 235 g/mol. The first kappa shape index (κ1) is 11.1. The third-order valence-corrected chi connectivity index (χ3v) is 3.35. The summed E-state index contributed by atoms with van der Waals surface area (Å²) in [5, 5.41) is 5.97. The number of fused-ring (bicyclic) bond motifs is 1. The Morgan fingerprint density at radius 2 is 2.25 bits per heavy atom. The van der Waals surface area contributed by atoms with Crippen LogP contribution >= 0.6 is 11.3 Å². The van der Waals surface area contributed by atoms with Crippen LogP contribution in [0.25, 0.3) is 10.1 Å². The second-order valence-electron chi connectivity index (χ2n) is 3.44. The Labute approximate surface area is 98.0 Å². The number of hydrogen-bond acceptors (Lipinski definition) is 4. The van der Waals surface area contributed by atoms with Gasteiger partial charge in [-0.25, -0.2) is 0 Å². The fourth-order valence-corrected chi connectivity index (χ4v) is 2.61. The summed E-state index contributed by atoms with van der Waals surface area (Å²) in [5.74, 6) is 0.738. The molecule has 0 radical (unpaired) electrons. The molecule has 0 saturated heterocycles. The van der Waals surface area contributed by atoms with E-state index in [1.807, 2.05) is 23.6 Å². The molecule has 0 unspecified atom stereocenters. The standard InChI is InChI=1S/C12H13NO2S/c1-13-7-10(14)9-4-3-8-5-6-16-12(8)11(9)15-2/h3-6,13H,7H2,1-2H3. The fourth-order valence-electron chi connectivity index (χ4n) is 1.68. The van der Waals surface area contributed by atoms with Gasteiger partial charge in [-0.1, -0.05) is 6.07 Å². The van der Waals surface area contributed by atoms with E-state index in [0.29, 0.717) is 17.9 Å². The van der Waals surface area contributed by atoms with Crippen LogP contribution in [0.5, 0.6) is 5.75 Å². The Balaban J connectivity index is 2.56. The summed E-state index contributed by atoms with van der Waals surface area (Å²) in [6.45, 7) is 0.327. The van der Waals surface area contributed by atoms with E-state index in [0.717, 1.165) is 10.1 Å². The predicted octanol–water partition coefficient (Wildman–Crippen LogP) is 2.31. The van der Waals surface area contributed by atoms with Crippen molar-refractivity contribution in [3.8, 4) is 5.75 Å². The highest BCUT2D eigenvalue weighted by Gasteiger charge is 2.14. The summed E-state index contributed by atoms with van der Waals surface area (Å²) in [6.07, 6.45) is 0. The smallest absolute Gasteiger partial charge is 0.180 e. The molecule has 0 bridgehead atoms. The zero-order valence-corrected chi connectivity index (χ0v) is 10.1. The first-order valence-electron chi connectivity index (χ1n) is 5.00. The summed E-state index contributed by atoms with van der Waals surface area (Å²) in [5.41, 5.74) is 0.645. The lowest BCUT2D eigenvalue weighted by Crippen LogP contribution is -2.19. The summed E-state index contributed by atoms with van der Waals surface area (Å²) < 4.78 is 6.38. The maximum Gasteiger partial charge on any atom is 0.180 e. The lowest BCUT2D eigenvalue weighted by molar-refractivity contribution is 0.0991. The Hall–Kier alpha value is -1.39. The second kappa shape index (κ2) is 4.63. The van der Waals surface area contributed by atoms with Crippen LogP contribution in [-0.2, 0) is 0 Å². The van der Waals surface area contributed by atoms with Crippen molar-refractivity contribution in [2.24, 2.45) is 0 Å². The molecule has 2 aromatic rings. The maximum atomic E-state index is 11.9. The minimum absolute atomic E-state index is 0.0506. The minimum Gasteiger partial charge on any atom is -0.494 e. The van der Waals surface area contributed by atoms with Gasteiger partial charge in [-0.3, -0.25) is 4.79 Å².